The van der Waals surface area contributed by atoms with Crippen LogP contribution in [0.3, 0.4) is 0 Å². The largest absolute Gasteiger partial charge is 0.496 e. The van der Waals surface area contributed by atoms with Gasteiger partial charge in [-0.1, -0.05) is 19.1 Å². The van der Waals surface area contributed by atoms with Crippen molar-refractivity contribution in [1.82, 2.24) is 5.32 Å². The normalized spacial score (nSPS) is 10.1. The van der Waals surface area contributed by atoms with Gasteiger partial charge in [0.15, 0.2) is 0 Å². The van der Waals surface area contributed by atoms with Crippen molar-refractivity contribution in [3.05, 3.63) is 29.3 Å². The number of hydrogen-bond donors (Lipinski definition) is 2. The molecule has 0 saturated heterocycles. The Kier molecular flexibility index (Phi) is 5.49. The third-order valence-electron chi connectivity index (χ3n) is 2.65. The Balaban J connectivity index is 2.57. The third-order valence-corrected chi connectivity index (χ3v) is 2.65. The summed E-state index contributed by atoms with van der Waals surface area (Å²) in [4.78, 5) is 11.0. The Morgan fingerprint density at radius 3 is 2.82 bits per heavy atom. The van der Waals surface area contributed by atoms with Gasteiger partial charge in [0.05, 0.1) is 13.7 Å². The lowest BCUT2D eigenvalue weighted by atomic mass is 10.1. The minimum atomic E-state index is -0.116. The maximum atomic E-state index is 11.0. The smallest absolute Gasteiger partial charge is 0.233 e. The van der Waals surface area contributed by atoms with E-state index in [9.17, 15) is 4.79 Å². The van der Waals surface area contributed by atoms with E-state index >= 15 is 0 Å². The van der Waals surface area contributed by atoms with Crippen LogP contribution < -0.4 is 15.8 Å². The predicted octanol–water partition coefficient (Wildman–Crippen LogP) is 0.875. The third kappa shape index (κ3) is 4.07. The maximum Gasteiger partial charge on any atom is 0.233 e. The standard InChI is InChI=1S/C13H20N2O2/c1-3-11-8-10(4-5-12(11)17-2)6-7-15-13(16)9-14/h4-5,8H,3,6-7,9,14H2,1-2H3,(H,15,16). The Morgan fingerprint density at radius 2 is 2.24 bits per heavy atom. The van der Waals surface area contributed by atoms with Gasteiger partial charge in [-0.2, -0.15) is 0 Å². The number of aryl methyl sites for hydroxylation is 1. The lowest BCUT2D eigenvalue weighted by molar-refractivity contribution is -0.119. The van der Waals surface area contributed by atoms with Crippen molar-refractivity contribution in [2.24, 2.45) is 5.73 Å². The van der Waals surface area contributed by atoms with E-state index in [-0.39, 0.29) is 12.5 Å². The van der Waals surface area contributed by atoms with Crippen LogP contribution in [0.1, 0.15) is 18.1 Å². The van der Waals surface area contributed by atoms with Gasteiger partial charge in [0.1, 0.15) is 5.75 Å². The summed E-state index contributed by atoms with van der Waals surface area (Å²) in [6.45, 7) is 2.76. The molecule has 1 rings (SSSR count). The van der Waals surface area contributed by atoms with Crippen molar-refractivity contribution in [1.29, 1.82) is 0 Å². The van der Waals surface area contributed by atoms with E-state index < -0.39 is 0 Å². The number of rotatable bonds is 6. The molecule has 0 aliphatic carbocycles. The Labute approximate surface area is 102 Å². The van der Waals surface area contributed by atoms with Crippen LogP contribution in [-0.4, -0.2) is 26.1 Å². The van der Waals surface area contributed by atoms with Gasteiger partial charge in [0.2, 0.25) is 5.91 Å². The summed E-state index contributed by atoms with van der Waals surface area (Å²) in [5.41, 5.74) is 7.59. The number of carbonyl (C=O) groups is 1. The molecule has 17 heavy (non-hydrogen) atoms. The molecule has 1 aromatic rings. The summed E-state index contributed by atoms with van der Waals surface area (Å²) in [6, 6.07) is 6.11. The highest BCUT2D eigenvalue weighted by Gasteiger charge is 2.03. The predicted molar refractivity (Wildman–Crippen MR) is 68.1 cm³/mol. The average molecular weight is 236 g/mol. The summed E-state index contributed by atoms with van der Waals surface area (Å²) in [7, 11) is 1.68. The Hall–Kier alpha value is -1.55. The molecule has 0 aromatic heterocycles. The van der Waals surface area contributed by atoms with Gasteiger partial charge in [-0.15, -0.1) is 0 Å². The quantitative estimate of drug-likeness (QED) is 0.770. The van der Waals surface area contributed by atoms with E-state index in [1.54, 1.807) is 7.11 Å². The first-order valence-corrected chi connectivity index (χ1v) is 5.83. The van der Waals surface area contributed by atoms with E-state index in [2.05, 4.69) is 18.3 Å². The van der Waals surface area contributed by atoms with Crippen molar-refractivity contribution >= 4 is 5.91 Å². The molecule has 0 aliphatic heterocycles. The van der Waals surface area contributed by atoms with Crippen molar-refractivity contribution in [3.63, 3.8) is 0 Å². The zero-order valence-electron chi connectivity index (χ0n) is 10.5. The molecule has 4 heteroatoms. The van der Waals surface area contributed by atoms with Gasteiger partial charge < -0.3 is 15.8 Å². The number of benzene rings is 1. The fraction of sp³-hybridized carbons (Fsp3) is 0.462. The van der Waals surface area contributed by atoms with Crippen LogP contribution >= 0.6 is 0 Å². The Bertz CT molecular complexity index is 378. The molecule has 1 amide bonds. The zero-order chi connectivity index (χ0) is 12.7. The molecule has 0 bridgehead atoms. The first-order valence-electron chi connectivity index (χ1n) is 5.83. The van der Waals surface area contributed by atoms with Crippen molar-refractivity contribution in [3.8, 4) is 5.75 Å². The van der Waals surface area contributed by atoms with E-state index in [0.717, 1.165) is 18.6 Å². The summed E-state index contributed by atoms with van der Waals surface area (Å²) in [5, 5.41) is 2.75. The molecule has 1 aromatic carbocycles. The number of nitrogens with one attached hydrogen (secondary N) is 1. The molecule has 94 valence electrons. The molecule has 0 spiro atoms. The van der Waals surface area contributed by atoms with Gasteiger partial charge in [-0.3, -0.25) is 4.79 Å². The Morgan fingerprint density at radius 1 is 1.47 bits per heavy atom. The SMILES string of the molecule is CCc1cc(CCNC(=O)CN)ccc1OC. The molecule has 0 saturated carbocycles. The lowest BCUT2D eigenvalue weighted by Crippen LogP contribution is -2.31. The first-order chi connectivity index (χ1) is 8.21. The summed E-state index contributed by atoms with van der Waals surface area (Å²) in [6.07, 6.45) is 1.74. The summed E-state index contributed by atoms with van der Waals surface area (Å²) in [5.74, 6) is 0.802. The van der Waals surface area contributed by atoms with Crippen LogP contribution in [0.25, 0.3) is 0 Å². The minimum absolute atomic E-state index is 0.0445. The fourth-order valence-corrected chi connectivity index (χ4v) is 1.68. The average Bonchev–Trinajstić information content (AvgIpc) is 2.38. The topological polar surface area (TPSA) is 64.4 Å². The molecule has 0 atom stereocenters. The van der Waals surface area contributed by atoms with E-state index in [1.807, 2.05) is 12.1 Å². The van der Waals surface area contributed by atoms with Gasteiger partial charge in [-0.05, 0) is 30.0 Å². The lowest BCUT2D eigenvalue weighted by Gasteiger charge is -2.09. The number of amides is 1. The molecular formula is C13H20N2O2. The van der Waals surface area contributed by atoms with Gasteiger partial charge in [0, 0.05) is 6.54 Å². The number of ether oxygens (including phenoxy) is 1. The summed E-state index contributed by atoms with van der Waals surface area (Å²) >= 11 is 0. The number of carbonyl (C=O) groups excluding carboxylic acids is 1. The number of nitrogens with two attached hydrogens (primary N) is 1. The van der Waals surface area contributed by atoms with Gasteiger partial charge >= 0.3 is 0 Å². The molecule has 0 radical (unpaired) electrons. The highest BCUT2D eigenvalue weighted by atomic mass is 16.5. The second-order valence-corrected chi connectivity index (χ2v) is 3.80. The van der Waals surface area contributed by atoms with E-state index in [1.165, 1.54) is 11.1 Å². The van der Waals surface area contributed by atoms with Crippen molar-refractivity contribution in [2.45, 2.75) is 19.8 Å². The van der Waals surface area contributed by atoms with Crippen LogP contribution in [0.2, 0.25) is 0 Å². The highest BCUT2D eigenvalue weighted by Crippen LogP contribution is 2.20. The fourth-order valence-electron chi connectivity index (χ4n) is 1.68. The second-order valence-electron chi connectivity index (χ2n) is 3.80. The van der Waals surface area contributed by atoms with Crippen LogP contribution in [0, 0.1) is 0 Å². The minimum Gasteiger partial charge on any atom is -0.496 e. The second kappa shape index (κ2) is 6.91. The molecule has 0 unspecified atom stereocenters. The summed E-state index contributed by atoms with van der Waals surface area (Å²) < 4.78 is 5.27. The first kappa shape index (κ1) is 13.5. The van der Waals surface area contributed by atoms with Gasteiger partial charge in [-0.25, -0.2) is 0 Å². The van der Waals surface area contributed by atoms with Crippen molar-refractivity contribution in [2.75, 3.05) is 20.2 Å². The highest BCUT2D eigenvalue weighted by molar-refractivity contribution is 5.77. The van der Waals surface area contributed by atoms with E-state index in [4.69, 9.17) is 10.5 Å². The van der Waals surface area contributed by atoms with Crippen LogP contribution in [-0.2, 0) is 17.6 Å². The van der Waals surface area contributed by atoms with Crippen LogP contribution in [0.4, 0.5) is 0 Å². The monoisotopic (exact) mass is 236 g/mol. The maximum absolute atomic E-state index is 11.0. The van der Waals surface area contributed by atoms with Crippen LogP contribution in [0.5, 0.6) is 5.75 Å². The number of hydrogen-bond acceptors (Lipinski definition) is 3. The van der Waals surface area contributed by atoms with Crippen molar-refractivity contribution < 1.29 is 9.53 Å². The molecule has 0 heterocycles. The molecule has 4 nitrogen and oxygen atoms in total. The molecular weight excluding hydrogens is 216 g/mol. The zero-order valence-corrected chi connectivity index (χ0v) is 10.5. The molecule has 0 aliphatic rings. The van der Waals surface area contributed by atoms with E-state index in [0.29, 0.717) is 6.54 Å². The van der Waals surface area contributed by atoms with Gasteiger partial charge in [0.25, 0.3) is 0 Å². The molecule has 3 N–H and O–H groups in total. The van der Waals surface area contributed by atoms with Crippen LogP contribution in [0.15, 0.2) is 18.2 Å². The molecule has 0 fully saturated rings. The number of methoxy groups -OCH3 is 1.